The van der Waals surface area contributed by atoms with Crippen LogP contribution in [0.25, 0.3) is 22.4 Å². The summed E-state index contributed by atoms with van der Waals surface area (Å²) < 4.78 is 5.46. The first kappa shape index (κ1) is 14.0. The Balaban J connectivity index is 2.06. The number of nitrogens with one attached hydrogen (secondary N) is 1. The number of ether oxygens (including phenoxy) is 1. The quantitative estimate of drug-likeness (QED) is 0.747. The van der Waals surface area contributed by atoms with Crippen molar-refractivity contribution in [3.05, 3.63) is 46.5 Å². The van der Waals surface area contributed by atoms with E-state index in [2.05, 4.69) is 35.9 Å². The van der Waals surface area contributed by atoms with Crippen molar-refractivity contribution in [1.82, 2.24) is 9.97 Å². The summed E-state index contributed by atoms with van der Waals surface area (Å²) >= 11 is 6.24. The molecule has 3 nitrogen and oxygen atoms in total. The van der Waals surface area contributed by atoms with E-state index >= 15 is 0 Å². The molecule has 4 heteroatoms. The molecule has 0 aliphatic carbocycles. The van der Waals surface area contributed by atoms with E-state index in [0.717, 1.165) is 22.4 Å². The Morgan fingerprint density at radius 3 is 2.62 bits per heavy atom. The zero-order chi connectivity index (χ0) is 15.0. The van der Waals surface area contributed by atoms with Gasteiger partial charge in [0.2, 0.25) is 0 Å². The highest BCUT2D eigenvalue weighted by atomic mass is 35.5. The molecule has 2 aromatic carbocycles. The molecule has 0 saturated heterocycles. The van der Waals surface area contributed by atoms with Gasteiger partial charge in [0.15, 0.2) is 0 Å². The second-order valence-corrected chi connectivity index (χ2v) is 5.52. The lowest BCUT2D eigenvalue weighted by atomic mass is 10.1. The van der Waals surface area contributed by atoms with E-state index in [0.29, 0.717) is 17.4 Å². The minimum Gasteiger partial charge on any atom is -0.492 e. The van der Waals surface area contributed by atoms with E-state index in [4.69, 9.17) is 16.3 Å². The van der Waals surface area contributed by atoms with Crippen LogP contribution >= 0.6 is 11.6 Å². The van der Waals surface area contributed by atoms with Crippen LogP contribution in [0.3, 0.4) is 0 Å². The van der Waals surface area contributed by atoms with E-state index in [9.17, 15) is 0 Å². The van der Waals surface area contributed by atoms with Gasteiger partial charge in [-0.15, -0.1) is 0 Å². The summed E-state index contributed by atoms with van der Waals surface area (Å²) in [5.41, 5.74) is 5.46. The number of aromatic nitrogens is 2. The van der Waals surface area contributed by atoms with Gasteiger partial charge in [0, 0.05) is 5.56 Å². The number of imidazole rings is 1. The number of nitrogens with zero attached hydrogens (tertiary/aromatic N) is 1. The van der Waals surface area contributed by atoms with Crippen molar-refractivity contribution in [2.24, 2.45) is 0 Å². The van der Waals surface area contributed by atoms with Gasteiger partial charge in [0.25, 0.3) is 0 Å². The summed E-state index contributed by atoms with van der Waals surface area (Å²) in [5, 5.41) is 0.599. The molecule has 0 unspecified atom stereocenters. The maximum atomic E-state index is 6.24. The van der Waals surface area contributed by atoms with Gasteiger partial charge in [-0.2, -0.15) is 0 Å². The summed E-state index contributed by atoms with van der Waals surface area (Å²) in [6.07, 6.45) is 0. The van der Waals surface area contributed by atoms with Crippen LogP contribution in [0, 0.1) is 13.8 Å². The maximum absolute atomic E-state index is 6.24. The smallest absolute Gasteiger partial charge is 0.138 e. The molecule has 1 N–H and O–H groups in total. The fourth-order valence-corrected chi connectivity index (χ4v) is 2.56. The second kappa shape index (κ2) is 5.41. The number of aryl methyl sites for hydroxylation is 2. The van der Waals surface area contributed by atoms with Crippen molar-refractivity contribution in [3.63, 3.8) is 0 Å². The van der Waals surface area contributed by atoms with Crippen molar-refractivity contribution in [3.8, 4) is 17.1 Å². The van der Waals surface area contributed by atoms with Crippen molar-refractivity contribution in [2.45, 2.75) is 20.8 Å². The Kier molecular flexibility index (Phi) is 3.60. The van der Waals surface area contributed by atoms with E-state index in [1.165, 1.54) is 11.1 Å². The van der Waals surface area contributed by atoms with Gasteiger partial charge >= 0.3 is 0 Å². The van der Waals surface area contributed by atoms with Crippen molar-refractivity contribution in [1.29, 1.82) is 0 Å². The predicted octanol–water partition coefficient (Wildman–Crippen LogP) is 4.90. The predicted molar refractivity (Wildman–Crippen MR) is 87.2 cm³/mol. The van der Waals surface area contributed by atoms with Crippen LogP contribution in [0.1, 0.15) is 18.1 Å². The van der Waals surface area contributed by atoms with Crippen LogP contribution in [0.2, 0.25) is 5.02 Å². The molecule has 0 spiro atoms. The van der Waals surface area contributed by atoms with Gasteiger partial charge in [0.1, 0.15) is 11.6 Å². The van der Waals surface area contributed by atoms with Gasteiger partial charge in [-0.3, -0.25) is 0 Å². The van der Waals surface area contributed by atoms with E-state index in [1.807, 2.05) is 25.1 Å². The topological polar surface area (TPSA) is 37.9 Å². The Bertz CT molecular complexity index is 769. The Labute approximate surface area is 128 Å². The van der Waals surface area contributed by atoms with Gasteiger partial charge in [-0.05, 0) is 62.2 Å². The molecule has 0 radical (unpaired) electrons. The first-order valence-corrected chi connectivity index (χ1v) is 7.36. The molecule has 1 aromatic heterocycles. The lowest BCUT2D eigenvalue weighted by Crippen LogP contribution is -1.92. The number of H-pyrrole nitrogens is 1. The Morgan fingerprint density at radius 2 is 1.90 bits per heavy atom. The standard InChI is InChI=1S/C17H17ClN2O/c1-4-21-16-6-5-12(9-13(16)18)17-19-14-7-10(2)11(3)8-15(14)20-17/h5-9H,4H2,1-3H3,(H,19,20). The van der Waals surface area contributed by atoms with E-state index < -0.39 is 0 Å². The lowest BCUT2D eigenvalue weighted by Gasteiger charge is -2.06. The summed E-state index contributed by atoms with van der Waals surface area (Å²) in [5.74, 6) is 1.52. The third kappa shape index (κ3) is 2.61. The molecule has 3 aromatic rings. The molecule has 0 aliphatic heterocycles. The van der Waals surface area contributed by atoms with Crippen molar-refractivity contribution in [2.75, 3.05) is 6.61 Å². The zero-order valence-electron chi connectivity index (χ0n) is 12.3. The molecule has 0 bridgehead atoms. The normalized spacial score (nSPS) is 11.0. The molecule has 0 aliphatic rings. The van der Waals surface area contributed by atoms with Gasteiger partial charge in [-0.25, -0.2) is 4.98 Å². The number of halogens is 1. The monoisotopic (exact) mass is 300 g/mol. The number of aromatic amines is 1. The second-order valence-electron chi connectivity index (χ2n) is 5.12. The zero-order valence-corrected chi connectivity index (χ0v) is 13.1. The Morgan fingerprint density at radius 1 is 1.14 bits per heavy atom. The minimum absolute atomic E-state index is 0.599. The van der Waals surface area contributed by atoms with Crippen LogP contribution in [-0.2, 0) is 0 Å². The molecule has 0 atom stereocenters. The first-order valence-electron chi connectivity index (χ1n) is 6.98. The molecule has 21 heavy (non-hydrogen) atoms. The third-order valence-corrected chi connectivity index (χ3v) is 3.90. The van der Waals surface area contributed by atoms with Gasteiger partial charge in [0.05, 0.1) is 22.7 Å². The van der Waals surface area contributed by atoms with Gasteiger partial charge in [-0.1, -0.05) is 11.6 Å². The van der Waals surface area contributed by atoms with Crippen LogP contribution in [-0.4, -0.2) is 16.6 Å². The number of hydrogen-bond donors (Lipinski definition) is 1. The summed E-state index contributed by atoms with van der Waals surface area (Å²) in [4.78, 5) is 7.99. The number of rotatable bonds is 3. The third-order valence-electron chi connectivity index (χ3n) is 3.60. The molecule has 0 fully saturated rings. The fraction of sp³-hybridized carbons (Fsp3) is 0.235. The Hall–Kier alpha value is -2.00. The molecular formula is C17H17ClN2O. The number of hydrogen-bond acceptors (Lipinski definition) is 2. The first-order chi connectivity index (χ1) is 10.1. The molecule has 108 valence electrons. The van der Waals surface area contributed by atoms with Crippen LogP contribution < -0.4 is 4.74 Å². The molecule has 1 heterocycles. The highest BCUT2D eigenvalue weighted by Crippen LogP contribution is 2.30. The van der Waals surface area contributed by atoms with Crippen LogP contribution in [0.4, 0.5) is 0 Å². The molecule has 0 saturated carbocycles. The van der Waals surface area contributed by atoms with E-state index in [-0.39, 0.29) is 0 Å². The summed E-state index contributed by atoms with van der Waals surface area (Å²) in [6.45, 7) is 6.73. The average Bonchev–Trinajstić information content (AvgIpc) is 2.84. The molecule has 0 amide bonds. The van der Waals surface area contributed by atoms with Crippen LogP contribution in [0.5, 0.6) is 5.75 Å². The maximum Gasteiger partial charge on any atom is 0.138 e. The van der Waals surface area contributed by atoms with Crippen molar-refractivity contribution >= 4 is 22.6 Å². The molecule has 3 rings (SSSR count). The van der Waals surface area contributed by atoms with Crippen molar-refractivity contribution < 1.29 is 4.74 Å². The molecular weight excluding hydrogens is 284 g/mol. The van der Waals surface area contributed by atoms with E-state index in [1.54, 1.807) is 0 Å². The lowest BCUT2D eigenvalue weighted by molar-refractivity contribution is 0.340. The number of fused-ring (bicyclic) bond motifs is 1. The summed E-state index contributed by atoms with van der Waals surface area (Å²) in [6, 6.07) is 9.95. The minimum atomic E-state index is 0.599. The average molecular weight is 301 g/mol. The highest BCUT2D eigenvalue weighted by Gasteiger charge is 2.09. The highest BCUT2D eigenvalue weighted by molar-refractivity contribution is 6.32. The number of benzene rings is 2. The fourth-order valence-electron chi connectivity index (χ4n) is 2.33. The van der Waals surface area contributed by atoms with Crippen LogP contribution in [0.15, 0.2) is 30.3 Å². The SMILES string of the molecule is CCOc1ccc(-c2nc3cc(C)c(C)cc3[nH]2)cc1Cl. The van der Waals surface area contributed by atoms with Gasteiger partial charge < -0.3 is 9.72 Å². The summed E-state index contributed by atoms with van der Waals surface area (Å²) in [7, 11) is 0. The largest absolute Gasteiger partial charge is 0.492 e.